The van der Waals surface area contributed by atoms with Gasteiger partial charge in [0.15, 0.2) is 0 Å². The third-order valence-corrected chi connectivity index (χ3v) is 3.86. The van der Waals surface area contributed by atoms with Gasteiger partial charge in [0.05, 0.1) is 0 Å². The van der Waals surface area contributed by atoms with Crippen molar-refractivity contribution in [2.45, 2.75) is 52.2 Å². The maximum atomic E-state index is 11.6. The summed E-state index contributed by atoms with van der Waals surface area (Å²) in [6, 6.07) is 0.150. The number of likely N-dealkylation sites (tertiary alicyclic amines) is 1. The van der Waals surface area contributed by atoms with Crippen molar-refractivity contribution >= 4 is 6.09 Å². The molecule has 104 valence electrons. The van der Waals surface area contributed by atoms with Gasteiger partial charge in [-0.3, -0.25) is 0 Å². The number of alkyl carbamates (subject to hydrolysis) is 1. The Hall–Kier alpha value is -0.770. The minimum Gasteiger partial charge on any atom is -0.444 e. The number of nitrogens with one attached hydrogen (secondary N) is 1. The molecule has 4 nitrogen and oxygen atoms in total. The van der Waals surface area contributed by atoms with Crippen LogP contribution in [0.15, 0.2) is 0 Å². The fourth-order valence-electron chi connectivity index (χ4n) is 2.95. The molecule has 0 aromatic rings. The Bertz CT molecular complexity index is 299. The van der Waals surface area contributed by atoms with Gasteiger partial charge >= 0.3 is 6.09 Å². The molecule has 1 saturated heterocycles. The van der Waals surface area contributed by atoms with Gasteiger partial charge in [-0.25, -0.2) is 4.79 Å². The number of ether oxygens (including phenoxy) is 1. The molecule has 0 radical (unpaired) electrons. The Morgan fingerprint density at radius 3 is 2.33 bits per heavy atom. The van der Waals surface area contributed by atoms with E-state index in [0.717, 1.165) is 18.4 Å². The molecule has 2 unspecified atom stereocenters. The van der Waals surface area contributed by atoms with Gasteiger partial charge in [-0.15, -0.1) is 0 Å². The highest BCUT2D eigenvalue weighted by molar-refractivity contribution is 5.68. The summed E-state index contributed by atoms with van der Waals surface area (Å²) < 4.78 is 5.26. The molecular formula is C14H26N2O2. The highest BCUT2D eigenvalue weighted by atomic mass is 16.6. The molecule has 1 heterocycles. The van der Waals surface area contributed by atoms with Gasteiger partial charge in [0.1, 0.15) is 5.60 Å². The van der Waals surface area contributed by atoms with Crippen LogP contribution in [-0.4, -0.2) is 42.3 Å². The summed E-state index contributed by atoms with van der Waals surface area (Å²) in [5.41, 5.74) is -0.420. The first-order valence-corrected chi connectivity index (χ1v) is 7.05. The fraction of sp³-hybridized carbons (Fsp3) is 0.929. The average molecular weight is 254 g/mol. The number of fused-ring (bicyclic) bond motifs is 1. The standard InChI is InChI=1S/C14H26N2O2/c1-10(15-13(17)18-14(2,3)4)7-16-8-11-5-6-12(11)9-16/h10-12H,5-9H2,1-4H3,(H,15,17)/t10-,11?,12?/m1/s1. The summed E-state index contributed by atoms with van der Waals surface area (Å²) in [7, 11) is 0. The molecule has 0 aromatic heterocycles. The zero-order valence-electron chi connectivity index (χ0n) is 12.0. The van der Waals surface area contributed by atoms with Crippen molar-refractivity contribution in [1.29, 1.82) is 0 Å². The van der Waals surface area contributed by atoms with Crippen molar-refractivity contribution in [2.24, 2.45) is 11.8 Å². The molecule has 3 atom stereocenters. The first kappa shape index (κ1) is 13.7. The summed E-state index contributed by atoms with van der Waals surface area (Å²) in [4.78, 5) is 14.1. The number of hydrogen-bond donors (Lipinski definition) is 1. The topological polar surface area (TPSA) is 41.6 Å². The monoisotopic (exact) mass is 254 g/mol. The van der Waals surface area contributed by atoms with E-state index in [1.54, 1.807) is 0 Å². The van der Waals surface area contributed by atoms with Gasteiger partial charge in [-0.1, -0.05) is 0 Å². The Balaban J connectivity index is 1.68. The quantitative estimate of drug-likeness (QED) is 0.840. The van der Waals surface area contributed by atoms with Crippen molar-refractivity contribution in [2.75, 3.05) is 19.6 Å². The van der Waals surface area contributed by atoms with Crippen LogP contribution in [-0.2, 0) is 4.74 Å². The number of carbonyl (C=O) groups excluding carboxylic acids is 1. The predicted octanol–water partition coefficient (Wildman–Crippen LogP) is 2.24. The lowest BCUT2D eigenvalue weighted by Crippen LogP contribution is -2.43. The van der Waals surface area contributed by atoms with Gasteiger partial charge in [-0.05, 0) is 52.4 Å². The molecule has 1 N–H and O–H groups in total. The fourth-order valence-corrected chi connectivity index (χ4v) is 2.95. The van der Waals surface area contributed by atoms with Crippen LogP contribution in [0, 0.1) is 11.8 Å². The van der Waals surface area contributed by atoms with Crippen molar-refractivity contribution in [3.63, 3.8) is 0 Å². The van der Waals surface area contributed by atoms with E-state index in [4.69, 9.17) is 4.74 Å². The van der Waals surface area contributed by atoms with Gasteiger partial charge in [0, 0.05) is 25.7 Å². The number of nitrogens with zero attached hydrogens (tertiary/aromatic N) is 1. The summed E-state index contributed by atoms with van der Waals surface area (Å²) in [5, 5.41) is 2.91. The van der Waals surface area contributed by atoms with E-state index in [2.05, 4.69) is 10.2 Å². The summed E-state index contributed by atoms with van der Waals surface area (Å²) in [6.07, 6.45) is 2.49. The van der Waals surface area contributed by atoms with Gasteiger partial charge in [0.25, 0.3) is 0 Å². The van der Waals surface area contributed by atoms with E-state index in [-0.39, 0.29) is 12.1 Å². The summed E-state index contributed by atoms with van der Waals surface area (Å²) >= 11 is 0. The first-order chi connectivity index (χ1) is 8.33. The molecular weight excluding hydrogens is 228 g/mol. The lowest BCUT2D eigenvalue weighted by atomic mass is 9.77. The second-order valence-electron chi connectivity index (χ2n) is 6.86. The molecule has 2 rings (SSSR count). The third-order valence-electron chi connectivity index (χ3n) is 3.86. The molecule has 18 heavy (non-hydrogen) atoms. The van der Waals surface area contributed by atoms with Gasteiger partial charge in [0.2, 0.25) is 0 Å². The van der Waals surface area contributed by atoms with Crippen LogP contribution < -0.4 is 5.32 Å². The number of hydrogen-bond acceptors (Lipinski definition) is 3. The maximum Gasteiger partial charge on any atom is 0.407 e. The van der Waals surface area contributed by atoms with Crippen LogP contribution in [0.3, 0.4) is 0 Å². The van der Waals surface area contributed by atoms with Crippen LogP contribution in [0.25, 0.3) is 0 Å². The molecule has 1 aliphatic heterocycles. The van der Waals surface area contributed by atoms with Crippen LogP contribution in [0.2, 0.25) is 0 Å². The largest absolute Gasteiger partial charge is 0.444 e. The normalized spacial score (nSPS) is 29.3. The number of rotatable bonds is 3. The SMILES string of the molecule is C[C@H](CN1CC2CCC2C1)NC(=O)OC(C)(C)C. The smallest absolute Gasteiger partial charge is 0.407 e. The molecule has 1 aliphatic carbocycles. The minimum absolute atomic E-state index is 0.150. The molecule has 0 spiro atoms. The molecule has 0 bridgehead atoms. The zero-order chi connectivity index (χ0) is 13.3. The Labute approximate surface area is 110 Å². The molecule has 1 saturated carbocycles. The number of amides is 1. The first-order valence-electron chi connectivity index (χ1n) is 7.05. The van der Waals surface area contributed by atoms with E-state index < -0.39 is 5.60 Å². The van der Waals surface area contributed by atoms with Crippen LogP contribution in [0.1, 0.15) is 40.5 Å². The highest BCUT2D eigenvalue weighted by Gasteiger charge is 2.39. The van der Waals surface area contributed by atoms with Crippen LogP contribution >= 0.6 is 0 Å². The second-order valence-corrected chi connectivity index (χ2v) is 6.86. The maximum absolute atomic E-state index is 11.6. The van der Waals surface area contributed by atoms with Crippen molar-refractivity contribution in [3.05, 3.63) is 0 Å². The van der Waals surface area contributed by atoms with Crippen LogP contribution in [0.4, 0.5) is 4.79 Å². The van der Waals surface area contributed by atoms with E-state index in [9.17, 15) is 4.79 Å². The predicted molar refractivity (Wildman–Crippen MR) is 71.5 cm³/mol. The van der Waals surface area contributed by atoms with Gasteiger partial charge < -0.3 is 15.0 Å². The second kappa shape index (κ2) is 5.08. The zero-order valence-corrected chi connectivity index (χ0v) is 12.0. The molecule has 2 aliphatic rings. The lowest BCUT2D eigenvalue weighted by molar-refractivity contribution is 0.0499. The molecule has 1 amide bonds. The Kier molecular flexibility index (Phi) is 3.85. The summed E-state index contributed by atoms with van der Waals surface area (Å²) in [5.74, 6) is 1.86. The Morgan fingerprint density at radius 2 is 1.89 bits per heavy atom. The van der Waals surface area contributed by atoms with Crippen molar-refractivity contribution < 1.29 is 9.53 Å². The number of carbonyl (C=O) groups is 1. The van der Waals surface area contributed by atoms with E-state index in [0.29, 0.717) is 0 Å². The van der Waals surface area contributed by atoms with Crippen LogP contribution in [0.5, 0.6) is 0 Å². The Morgan fingerprint density at radius 1 is 1.33 bits per heavy atom. The lowest BCUT2D eigenvalue weighted by Gasteiger charge is -2.28. The van der Waals surface area contributed by atoms with Gasteiger partial charge in [-0.2, -0.15) is 0 Å². The van der Waals surface area contributed by atoms with E-state index >= 15 is 0 Å². The van der Waals surface area contributed by atoms with E-state index in [1.807, 2.05) is 27.7 Å². The third kappa shape index (κ3) is 3.61. The minimum atomic E-state index is -0.420. The van der Waals surface area contributed by atoms with Crippen molar-refractivity contribution in [3.8, 4) is 0 Å². The molecule has 2 fully saturated rings. The molecule has 0 aromatic carbocycles. The molecule has 4 heteroatoms. The highest BCUT2D eigenvalue weighted by Crippen LogP contribution is 2.40. The average Bonchev–Trinajstić information content (AvgIpc) is 2.40. The van der Waals surface area contributed by atoms with E-state index in [1.165, 1.54) is 25.9 Å². The van der Waals surface area contributed by atoms with Crippen molar-refractivity contribution in [1.82, 2.24) is 10.2 Å². The summed E-state index contributed by atoms with van der Waals surface area (Å²) in [6.45, 7) is 11.1.